The number of hydrogen-bond donors (Lipinski definition) is 1. The van der Waals surface area contributed by atoms with Crippen molar-refractivity contribution < 1.29 is 19.2 Å². The molecule has 24 heavy (non-hydrogen) atoms. The summed E-state index contributed by atoms with van der Waals surface area (Å²) in [6, 6.07) is 6.60. The lowest BCUT2D eigenvalue weighted by Crippen LogP contribution is -2.51. The highest BCUT2D eigenvalue weighted by Gasteiger charge is 2.57. The summed E-state index contributed by atoms with van der Waals surface area (Å²) in [5.74, 6) is -2.32. The Morgan fingerprint density at radius 3 is 1.79 bits per heavy atom. The third-order valence-corrected chi connectivity index (χ3v) is 4.30. The maximum absolute atomic E-state index is 12.6. The molecule has 0 bridgehead atoms. The summed E-state index contributed by atoms with van der Waals surface area (Å²) >= 11 is 0. The number of Topliss-reactive ketones (excluding diaryl/α,β-unsaturated/α-hetero) is 2. The van der Waals surface area contributed by atoms with Crippen molar-refractivity contribution in [1.29, 1.82) is 0 Å². The first-order valence-corrected chi connectivity index (χ1v) is 8.48. The molecule has 1 N–H and O–H groups in total. The van der Waals surface area contributed by atoms with Gasteiger partial charge in [-0.25, -0.2) is 0 Å². The molecular weight excluding hydrogens is 306 g/mol. The highest BCUT2D eigenvalue weighted by molar-refractivity contribution is 6.31. The van der Waals surface area contributed by atoms with Crippen molar-refractivity contribution in [3.63, 3.8) is 0 Å². The number of carbonyl (C=O) groups excluding carboxylic acids is 4. The highest BCUT2D eigenvalue weighted by Crippen LogP contribution is 2.44. The largest absolute Gasteiger partial charge is 0.296 e. The number of imide groups is 1. The van der Waals surface area contributed by atoms with Gasteiger partial charge in [0.1, 0.15) is 5.41 Å². The van der Waals surface area contributed by atoms with E-state index in [1.165, 1.54) is 6.92 Å². The maximum atomic E-state index is 12.6. The molecule has 0 aromatic heterocycles. The molecule has 2 aliphatic rings. The van der Waals surface area contributed by atoms with E-state index in [1.807, 2.05) is 27.7 Å². The van der Waals surface area contributed by atoms with E-state index in [0.717, 1.165) is 0 Å². The van der Waals surface area contributed by atoms with Gasteiger partial charge >= 0.3 is 0 Å². The van der Waals surface area contributed by atoms with Crippen molar-refractivity contribution in [3.8, 4) is 0 Å². The Kier molecular flexibility index (Phi) is 6.58. The molecule has 1 fully saturated rings. The summed E-state index contributed by atoms with van der Waals surface area (Å²) in [5.41, 5.74) is -0.663. The molecule has 1 aliphatic carbocycles. The molecule has 1 heterocycles. The van der Waals surface area contributed by atoms with Crippen LogP contribution in [-0.4, -0.2) is 23.4 Å². The second-order valence-electron chi connectivity index (χ2n) is 5.41. The van der Waals surface area contributed by atoms with Gasteiger partial charge in [0.25, 0.3) is 0 Å². The average Bonchev–Trinajstić information content (AvgIpc) is 2.81. The molecule has 2 amide bonds. The smallest absolute Gasteiger partial charge is 0.231 e. The molecule has 1 aromatic carbocycles. The van der Waals surface area contributed by atoms with Crippen molar-refractivity contribution in [2.45, 2.75) is 47.5 Å². The topological polar surface area (TPSA) is 80.3 Å². The molecule has 1 unspecified atom stereocenters. The van der Waals surface area contributed by atoms with Crippen LogP contribution in [0.2, 0.25) is 0 Å². The van der Waals surface area contributed by atoms with Gasteiger partial charge in [0.2, 0.25) is 11.8 Å². The molecule has 5 heteroatoms. The van der Waals surface area contributed by atoms with Gasteiger partial charge in [0.15, 0.2) is 11.6 Å². The average molecular weight is 331 g/mol. The molecule has 0 spiro atoms. The second-order valence-corrected chi connectivity index (χ2v) is 5.41. The zero-order valence-corrected chi connectivity index (χ0v) is 14.9. The van der Waals surface area contributed by atoms with Gasteiger partial charge < -0.3 is 0 Å². The zero-order chi connectivity index (χ0) is 18.5. The van der Waals surface area contributed by atoms with Crippen LogP contribution in [0.1, 0.15) is 68.2 Å². The summed E-state index contributed by atoms with van der Waals surface area (Å²) in [7, 11) is 0. The number of nitrogens with one attached hydrogen (secondary N) is 1. The summed E-state index contributed by atoms with van der Waals surface area (Å²) < 4.78 is 0. The standard InChI is InChI=1S/C15H13NO4.2C2H6/c1-15(10-6-7-11(17)16-14(10)20)12(18)8-4-2-3-5-9(8)13(15)19;2*1-2/h2-5,10H,6-7H2,1H3,(H,16,17,20);2*1-2H3. The van der Waals surface area contributed by atoms with Crippen LogP contribution in [0, 0.1) is 11.3 Å². The van der Waals surface area contributed by atoms with Crippen LogP contribution in [0.25, 0.3) is 0 Å². The molecule has 1 aliphatic heterocycles. The Hall–Kier alpha value is -2.30. The highest BCUT2D eigenvalue weighted by atomic mass is 16.2. The monoisotopic (exact) mass is 331 g/mol. The number of rotatable bonds is 1. The number of piperidine rings is 1. The van der Waals surface area contributed by atoms with Crippen LogP contribution >= 0.6 is 0 Å². The lowest BCUT2D eigenvalue weighted by Gasteiger charge is -2.32. The van der Waals surface area contributed by atoms with E-state index in [2.05, 4.69) is 5.32 Å². The molecule has 1 aromatic rings. The summed E-state index contributed by atoms with van der Waals surface area (Å²) in [6.07, 6.45) is 0.384. The normalized spacial score (nSPS) is 21.0. The number of fused-ring (bicyclic) bond motifs is 1. The lowest BCUT2D eigenvalue weighted by molar-refractivity contribution is -0.138. The number of carbonyl (C=O) groups is 4. The first kappa shape index (κ1) is 19.7. The number of amides is 2. The number of hydrogen-bond acceptors (Lipinski definition) is 4. The second kappa shape index (κ2) is 7.99. The summed E-state index contributed by atoms with van der Waals surface area (Å²) in [6.45, 7) is 9.51. The van der Waals surface area contributed by atoms with Crippen molar-refractivity contribution in [3.05, 3.63) is 35.4 Å². The molecule has 0 saturated carbocycles. The van der Waals surface area contributed by atoms with Crippen molar-refractivity contribution in [2.24, 2.45) is 11.3 Å². The first-order valence-electron chi connectivity index (χ1n) is 8.48. The van der Waals surface area contributed by atoms with E-state index in [1.54, 1.807) is 24.3 Å². The van der Waals surface area contributed by atoms with Gasteiger partial charge in [-0.05, 0) is 13.3 Å². The quantitative estimate of drug-likeness (QED) is 0.633. The van der Waals surface area contributed by atoms with Crippen LogP contribution in [0.15, 0.2) is 24.3 Å². The van der Waals surface area contributed by atoms with E-state index in [0.29, 0.717) is 11.1 Å². The van der Waals surface area contributed by atoms with Crippen LogP contribution in [0.4, 0.5) is 0 Å². The van der Waals surface area contributed by atoms with Gasteiger partial charge in [-0.15, -0.1) is 0 Å². The third-order valence-electron chi connectivity index (χ3n) is 4.30. The van der Waals surface area contributed by atoms with Crippen LogP contribution < -0.4 is 5.32 Å². The molecule has 5 nitrogen and oxygen atoms in total. The zero-order valence-electron chi connectivity index (χ0n) is 14.9. The van der Waals surface area contributed by atoms with E-state index in [4.69, 9.17) is 0 Å². The molecular formula is C19H25NO4. The van der Waals surface area contributed by atoms with Gasteiger partial charge in [0, 0.05) is 17.5 Å². The lowest BCUT2D eigenvalue weighted by atomic mass is 9.69. The Bertz CT molecular complexity index is 628. The Labute approximate surface area is 142 Å². The molecule has 1 saturated heterocycles. The molecule has 130 valence electrons. The molecule has 3 rings (SSSR count). The maximum Gasteiger partial charge on any atom is 0.231 e. The first-order chi connectivity index (χ1) is 11.5. The fraction of sp³-hybridized carbons (Fsp3) is 0.474. The van der Waals surface area contributed by atoms with E-state index in [-0.39, 0.29) is 30.3 Å². The number of benzene rings is 1. The Balaban J connectivity index is 0.000000671. The van der Waals surface area contributed by atoms with E-state index < -0.39 is 17.2 Å². The molecule has 1 atom stereocenters. The van der Waals surface area contributed by atoms with E-state index in [9.17, 15) is 19.2 Å². The summed E-state index contributed by atoms with van der Waals surface area (Å²) in [4.78, 5) is 48.4. The van der Waals surface area contributed by atoms with Crippen LogP contribution in [-0.2, 0) is 9.59 Å². The van der Waals surface area contributed by atoms with E-state index >= 15 is 0 Å². The number of ketones is 2. The Morgan fingerprint density at radius 1 is 0.917 bits per heavy atom. The predicted octanol–water partition coefficient (Wildman–Crippen LogP) is 3.18. The van der Waals surface area contributed by atoms with Crippen LogP contribution in [0.3, 0.4) is 0 Å². The van der Waals surface area contributed by atoms with Crippen molar-refractivity contribution >= 4 is 23.4 Å². The van der Waals surface area contributed by atoms with Crippen molar-refractivity contribution in [2.75, 3.05) is 0 Å². The van der Waals surface area contributed by atoms with Crippen LogP contribution in [0.5, 0.6) is 0 Å². The SMILES string of the molecule is CC.CC.CC1(C2CCC(=O)NC2=O)C(=O)c2ccccc2C1=O. The minimum atomic E-state index is -1.39. The minimum absolute atomic E-state index is 0.156. The minimum Gasteiger partial charge on any atom is -0.296 e. The van der Waals surface area contributed by atoms with Gasteiger partial charge in [-0.3, -0.25) is 24.5 Å². The fourth-order valence-corrected chi connectivity index (χ4v) is 3.10. The van der Waals surface area contributed by atoms with Gasteiger partial charge in [-0.2, -0.15) is 0 Å². The van der Waals surface area contributed by atoms with Gasteiger partial charge in [0.05, 0.1) is 5.92 Å². The fourth-order valence-electron chi connectivity index (χ4n) is 3.10. The predicted molar refractivity (Wildman–Crippen MR) is 91.8 cm³/mol. The van der Waals surface area contributed by atoms with Gasteiger partial charge in [-0.1, -0.05) is 52.0 Å². The summed E-state index contributed by atoms with van der Waals surface area (Å²) in [5, 5.41) is 2.22. The van der Waals surface area contributed by atoms with Crippen molar-refractivity contribution in [1.82, 2.24) is 5.32 Å². The third kappa shape index (κ3) is 3.03. The molecule has 0 radical (unpaired) electrons. The Morgan fingerprint density at radius 2 is 1.38 bits per heavy atom.